The second kappa shape index (κ2) is 7.45. The molecule has 27 heavy (non-hydrogen) atoms. The normalized spacial score (nSPS) is 34.2. The zero-order valence-corrected chi connectivity index (χ0v) is 16.3. The summed E-state index contributed by atoms with van der Waals surface area (Å²) in [6.07, 6.45) is 7.18. The number of carbonyl (C=O) groups excluding carboxylic acids is 4. The van der Waals surface area contributed by atoms with Gasteiger partial charge in [-0.15, -0.1) is 0 Å². The molecule has 5 aliphatic rings. The van der Waals surface area contributed by atoms with E-state index < -0.39 is 0 Å². The topological polar surface area (TPSA) is 95.6 Å². The minimum atomic E-state index is -0.253. The first-order valence-corrected chi connectivity index (χ1v) is 11.0. The number of thioether (sulfide) groups is 1. The van der Waals surface area contributed by atoms with E-state index in [1.165, 1.54) is 24.2 Å². The Morgan fingerprint density at radius 3 is 2.19 bits per heavy atom. The number of nitrogens with one attached hydrogen (secondary N) is 2. The molecule has 1 saturated heterocycles. The smallest absolute Gasteiger partial charge is 0.288 e. The molecule has 4 amide bonds. The van der Waals surface area contributed by atoms with Crippen LogP contribution < -0.4 is 10.6 Å². The van der Waals surface area contributed by atoms with Crippen molar-refractivity contribution in [2.24, 2.45) is 23.2 Å². The Kier molecular flexibility index (Phi) is 5.18. The molecule has 0 spiro atoms. The lowest BCUT2D eigenvalue weighted by molar-refractivity contribution is -0.146. The third-order valence-electron chi connectivity index (χ3n) is 6.66. The number of hydrogen-bond acceptors (Lipinski definition) is 5. The zero-order chi connectivity index (χ0) is 19.0. The lowest BCUT2D eigenvalue weighted by atomic mass is 9.49. The van der Waals surface area contributed by atoms with Crippen molar-refractivity contribution in [3.63, 3.8) is 0 Å². The maximum absolute atomic E-state index is 12.8. The van der Waals surface area contributed by atoms with Gasteiger partial charge >= 0.3 is 0 Å². The molecule has 148 valence electrons. The van der Waals surface area contributed by atoms with Crippen LogP contribution in [0.2, 0.25) is 0 Å². The number of nitrogens with zero attached hydrogens (tertiary/aromatic N) is 1. The summed E-state index contributed by atoms with van der Waals surface area (Å²) in [6.45, 7) is 0.791. The summed E-state index contributed by atoms with van der Waals surface area (Å²) >= 11 is 0.990. The molecule has 1 heterocycles. The zero-order valence-electron chi connectivity index (χ0n) is 15.5. The van der Waals surface area contributed by atoms with Gasteiger partial charge in [0, 0.05) is 31.5 Å². The molecule has 5 fully saturated rings. The number of imide groups is 1. The van der Waals surface area contributed by atoms with Gasteiger partial charge in [-0.2, -0.15) is 0 Å². The lowest BCUT2D eigenvalue weighted by Gasteiger charge is -2.55. The lowest BCUT2D eigenvalue weighted by Crippen LogP contribution is -2.53. The number of hydrogen-bond donors (Lipinski definition) is 2. The molecule has 2 N–H and O–H groups in total. The van der Waals surface area contributed by atoms with Gasteiger partial charge in [0.05, 0.1) is 5.75 Å². The molecule has 0 aromatic heterocycles. The number of amides is 4. The van der Waals surface area contributed by atoms with Gasteiger partial charge in [-0.25, -0.2) is 0 Å². The van der Waals surface area contributed by atoms with E-state index >= 15 is 0 Å². The van der Waals surface area contributed by atoms with E-state index in [9.17, 15) is 19.2 Å². The van der Waals surface area contributed by atoms with Gasteiger partial charge < -0.3 is 10.6 Å². The summed E-state index contributed by atoms with van der Waals surface area (Å²) in [5.74, 6) is 2.11. The predicted octanol–water partition coefficient (Wildman–Crippen LogP) is 1.52. The summed E-state index contributed by atoms with van der Waals surface area (Å²) in [5.41, 5.74) is -0.181. The Bertz CT molecular complexity index is 614. The van der Waals surface area contributed by atoms with Crippen molar-refractivity contribution in [2.45, 2.75) is 44.9 Å². The van der Waals surface area contributed by atoms with Crippen LogP contribution in [0.15, 0.2) is 0 Å². The molecule has 7 nitrogen and oxygen atoms in total. The van der Waals surface area contributed by atoms with Crippen LogP contribution in [0.3, 0.4) is 0 Å². The molecule has 4 saturated carbocycles. The molecule has 4 bridgehead atoms. The van der Waals surface area contributed by atoms with Crippen molar-refractivity contribution in [1.29, 1.82) is 0 Å². The Hall–Kier alpha value is -1.57. The molecule has 1 aliphatic heterocycles. The minimum Gasteiger partial charge on any atom is -0.355 e. The minimum absolute atomic E-state index is 0.139. The molecule has 4 aliphatic carbocycles. The number of rotatable bonds is 7. The third-order valence-corrected chi connectivity index (χ3v) is 7.51. The van der Waals surface area contributed by atoms with E-state index in [1.807, 2.05) is 0 Å². The van der Waals surface area contributed by atoms with Crippen LogP contribution in [-0.2, 0) is 14.4 Å². The summed E-state index contributed by atoms with van der Waals surface area (Å²) < 4.78 is 0. The van der Waals surface area contributed by atoms with E-state index in [2.05, 4.69) is 10.6 Å². The molecular weight excluding hydrogens is 366 g/mol. The fraction of sp³-hybridized carbons (Fsp3) is 0.789. The maximum atomic E-state index is 12.8. The van der Waals surface area contributed by atoms with Crippen LogP contribution in [0.5, 0.6) is 0 Å². The highest BCUT2D eigenvalue weighted by Crippen LogP contribution is 2.60. The monoisotopic (exact) mass is 393 g/mol. The molecule has 0 atom stereocenters. The summed E-state index contributed by atoms with van der Waals surface area (Å²) in [5, 5.41) is 5.46. The van der Waals surface area contributed by atoms with Crippen LogP contribution in [0.4, 0.5) is 4.79 Å². The Labute approximate surface area is 163 Å². The standard InChI is InChI=1S/C19H27N3O4S/c23-15(20-3-4-22-16(24)11-27-18(22)26)1-2-21-17(25)19-8-12-5-13(9-19)7-14(6-12)10-19/h12-14H,1-11H2,(H,20,23)(H,21,25). The van der Waals surface area contributed by atoms with E-state index in [1.54, 1.807) is 0 Å². The average molecular weight is 394 g/mol. The van der Waals surface area contributed by atoms with E-state index in [4.69, 9.17) is 0 Å². The fourth-order valence-electron chi connectivity index (χ4n) is 5.86. The second-order valence-corrected chi connectivity index (χ2v) is 9.58. The molecule has 0 aromatic carbocycles. The van der Waals surface area contributed by atoms with Gasteiger partial charge in [0.25, 0.3) is 5.24 Å². The number of carbonyl (C=O) groups is 4. The van der Waals surface area contributed by atoms with Crippen LogP contribution in [0.1, 0.15) is 44.9 Å². The van der Waals surface area contributed by atoms with E-state index in [0.29, 0.717) is 6.54 Å². The van der Waals surface area contributed by atoms with Crippen molar-refractivity contribution >= 4 is 34.7 Å². The van der Waals surface area contributed by atoms with E-state index in [0.717, 1.165) is 48.8 Å². The van der Waals surface area contributed by atoms with Gasteiger partial charge in [0.2, 0.25) is 17.7 Å². The van der Waals surface area contributed by atoms with Crippen LogP contribution in [0, 0.1) is 23.2 Å². The molecule has 5 rings (SSSR count). The molecular formula is C19H27N3O4S. The van der Waals surface area contributed by atoms with Gasteiger partial charge in [0.15, 0.2) is 0 Å². The molecule has 0 aromatic rings. The van der Waals surface area contributed by atoms with Crippen LogP contribution >= 0.6 is 11.8 Å². The van der Waals surface area contributed by atoms with Crippen LogP contribution in [-0.4, -0.2) is 53.2 Å². The van der Waals surface area contributed by atoms with Gasteiger partial charge in [0.1, 0.15) is 0 Å². The highest BCUT2D eigenvalue weighted by molar-refractivity contribution is 8.14. The van der Waals surface area contributed by atoms with Crippen molar-refractivity contribution in [3.8, 4) is 0 Å². The third kappa shape index (κ3) is 3.86. The molecule has 0 radical (unpaired) electrons. The van der Waals surface area contributed by atoms with Gasteiger partial charge in [-0.1, -0.05) is 11.8 Å². The summed E-state index contributed by atoms with van der Waals surface area (Å²) in [6, 6.07) is 0. The maximum Gasteiger partial charge on any atom is 0.288 e. The van der Waals surface area contributed by atoms with E-state index in [-0.39, 0.29) is 53.6 Å². The Morgan fingerprint density at radius 1 is 1.00 bits per heavy atom. The van der Waals surface area contributed by atoms with Gasteiger partial charge in [-0.05, 0) is 56.3 Å². The largest absolute Gasteiger partial charge is 0.355 e. The highest BCUT2D eigenvalue weighted by Gasteiger charge is 2.54. The van der Waals surface area contributed by atoms with Gasteiger partial charge in [-0.3, -0.25) is 24.1 Å². The van der Waals surface area contributed by atoms with Crippen molar-refractivity contribution in [1.82, 2.24) is 15.5 Å². The Balaban J connectivity index is 1.16. The predicted molar refractivity (Wildman–Crippen MR) is 101 cm³/mol. The Morgan fingerprint density at radius 2 is 1.63 bits per heavy atom. The fourth-order valence-corrected chi connectivity index (χ4v) is 6.61. The van der Waals surface area contributed by atoms with Crippen LogP contribution in [0.25, 0.3) is 0 Å². The quantitative estimate of drug-likeness (QED) is 0.684. The first-order chi connectivity index (χ1) is 12.9. The summed E-state index contributed by atoms with van der Waals surface area (Å²) in [7, 11) is 0. The first kappa shape index (κ1) is 18.8. The molecule has 0 unspecified atom stereocenters. The van der Waals surface area contributed by atoms with Crippen molar-refractivity contribution in [3.05, 3.63) is 0 Å². The average Bonchev–Trinajstić information content (AvgIpc) is 2.92. The van der Waals surface area contributed by atoms with Crippen molar-refractivity contribution < 1.29 is 19.2 Å². The molecule has 8 heteroatoms. The van der Waals surface area contributed by atoms with Crippen molar-refractivity contribution in [2.75, 3.05) is 25.4 Å². The first-order valence-electron chi connectivity index (χ1n) is 9.97. The SMILES string of the molecule is O=C(CCNC(=O)C12CC3CC(CC(C3)C1)C2)NCCN1C(=O)CSC1=O. The highest BCUT2D eigenvalue weighted by atomic mass is 32.2. The second-order valence-electron chi connectivity index (χ2n) is 8.65. The summed E-state index contributed by atoms with van der Waals surface area (Å²) in [4.78, 5) is 48.9.